The Labute approximate surface area is 179 Å². The maximum Gasteiger partial charge on any atom is 0.234 e. The van der Waals surface area contributed by atoms with Crippen LogP contribution in [0.4, 0.5) is 5.69 Å². The molecule has 2 aromatic carbocycles. The van der Waals surface area contributed by atoms with Crippen LogP contribution in [0.2, 0.25) is 10.0 Å². The van der Waals surface area contributed by atoms with Gasteiger partial charge in [-0.1, -0.05) is 65.3 Å². The fraction of sp³-hybridized carbons (Fsp3) is 0.0500. The number of nitrogens with one attached hydrogen (secondary N) is 1. The van der Waals surface area contributed by atoms with Gasteiger partial charge in [0.05, 0.1) is 5.75 Å². The van der Waals surface area contributed by atoms with E-state index in [1.807, 2.05) is 18.2 Å². The molecule has 28 heavy (non-hydrogen) atoms. The Morgan fingerprint density at radius 3 is 2.54 bits per heavy atom. The summed E-state index contributed by atoms with van der Waals surface area (Å²) in [6, 6.07) is 17.1. The number of thioether (sulfide) groups is 1. The number of benzene rings is 2. The van der Waals surface area contributed by atoms with Gasteiger partial charge in [-0.3, -0.25) is 4.79 Å². The first kappa shape index (κ1) is 19.2. The Morgan fingerprint density at radius 2 is 1.79 bits per heavy atom. The maximum atomic E-state index is 12.3. The van der Waals surface area contributed by atoms with E-state index in [9.17, 15) is 4.79 Å². The minimum absolute atomic E-state index is 0.159. The average Bonchev–Trinajstić information content (AvgIpc) is 3.11. The van der Waals surface area contributed by atoms with E-state index in [1.165, 1.54) is 18.1 Å². The number of anilines is 1. The normalized spacial score (nSPS) is 10.9. The number of carbonyl (C=O) groups is 1. The Bertz CT molecular complexity index is 1130. The Morgan fingerprint density at radius 1 is 1.04 bits per heavy atom. The zero-order chi connectivity index (χ0) is 19.5. The number of halogens is 2. The van der Waals surface area contributed by atoms with E-state index in [0.29, 0.717) is 15.7 Å². The minimum Gasteiger partial charge on any atom is -0.325 e. The lowest BCUT2D eigenvalue weighted by Gasteiger charge is -2.06. The van der Waals surface area contributed by atoms with Gasteiger partial charge in [0, 0.05) is 26.0 Å². The maximum absolute atomic E-state index is 12.3. The molecule has 2 heterocycles. The number of hydrogen-bond donors (Lipinski definition) is 1. The van der Waals surface area contributed by atoms with Crippen molar-refractivity contribution in [2.24, 2.45) is 0 Å². The van der Waals surface area contributed by atoms with Crippen LogP contribution in [-0.4, -0.2) is 21.6 Å². The molecule has 0 aliphatic rings. The molecule has 4 aromatic rings. The zero-order valence-electron chi connectivity index (χ0n) is 14.4. The van der Waals surface area contributed by atoms with Crippen LogP contribution in [0.15, 0.2) is 66.0 Å². The highest BCUT2D eigenvalue weighted by Crippen LogP contribution is 2.36. The fourth-order valence-corrected chi connectivity index (χ4v) is 5.02. The van der Waals surface area contributed by atoms with E-state index in [0.717, 1.165) is 25.7 Å². The van der Waals surface area contributed by atoms with Gasteiger partial charge in [0.2, 0.25) is 5.91 Å². The second kappa shape index (κ2) is 8.49. The first-order chi connectivity index (χ1) is 13.6. The Balaban J connectivity index is 1.50. The van der Waals surface area contributed by atoms with Gasteiger partial charge < -0.3 is 5.32 Å². The van der Waals surface area contributed by atoms with Crippen molar-refractivity contribution in [3.63, 3.8) is 0 Å². The van der Waals surface area contributed by atoms with Crippen LogP contribution in [0.5, 0.6) is 0 Å². The Hall–Kier alpha value is -2.12. The molecule has 0 saturated carbocycles. The van der Waals surface area contributed by atoms with Gasteiger partial charge >= 0.3 is 0 Å². The van der Waals surface area contributed by atoms with Gasteiger partial charge in [-0.2, -0.15) is 0 Å². The van der Waals surface area contributed by atoms with Gasteiger partial charge in [0.25, 0.3) is 0 Å². The predicted octanol–water partition coefficient (Wildman–Crippen LogP) is 6.40. The molecule has 0 fully saturated rings. The summed E-state index contributed by atoms with van der Waals surface area (Å²) in [5, 5.41) is 5.48. The lowest BCUT2D eigenvalue weighted by molar-refractivity contribution is -0.113. The summed E-state index contributed by atoms with van der Waals surface area (Å²) in [6.07, 6.45) is 1.53. The molecule has 0 bridgehead atoms. The highest BCUT2D eigenvalue weighted by molar-refractivity contribution is 8.00. The molecule has 4 rings (SSSR count). The number of thiophene rings is 1. The summed E-state index contributed by atoms with van der Waals surface area (Å²) >= 11 is 14.9. The molecule has 8 heteroatoms. The van der Waals surface area contributed by atoms with Crippen molar-refractivity contribution >= 4 is 68.1 Å². The predicted molar refractivity (Wildman–Crippen MR) is 119 cm³/mol. The average molecular weight is 446 g/mol. The second-order valence-corrected chi connectivity index (χ2v) is 8.74. The first-order valence-corrected chi connectivity index (χ1v) is 10.8. The third-order valence-corrected chi connectivity index (χ3v) is 6.37. The molecule has 0 spiro atoms. The summed E-state index contributed by atoms with van der Waals surface area (Å²) in [4.78, 5) is 23.1. The van der Waals surface area contributed by atoms with E-state index in [2.05, 4.69) is 33.5 Å². The summed E-state index contributed by atoms with van der Waals surface area (Å²) < 4.78 is 0. The number of hydrogen-bond acceptors (Lipinski definition) is 5. The molecule has 0 unspecified atom stereocenters. The van der Waals surface area contributed by atoms with Crippen molar-refractivity contribution < 1.29 is 4.79 Å². The second-order valence-electron chi connectivity index (χ2n) is 5.87. The van der Waals surface area contributed by atoms with E-state index in [4.69, 9.17) is 23.2 Å². The number of nitrogens with zero attached hydrogens (tertiary/aromatic N) is 2. The molecule has 0 radical (unpaired) electrons. The van der Waals surface area contributed by atoms with Crippen molar-refractivity contribution in [1.82, 2.24) is 9.97 Å². The molecule has 0 atom stereocenters. The summed E-state index contributed by atoms with van der Waals surface area (Å²) in [7, 11) is 0. The number of carbonyl (C=O) groups excluding carboxylic acids is 1. The molecule has 0 aliphatic carbocycles. The largest absolute Gasteiger partial charge is 0.325 e. The highest BCUT2D eigenvalue weighted by Gasteiger charge is 2.12. The van der Waals surface area contributed by atoms with Gasteiger partial charge in [-0.05, 0) is 29.8 Å². The van der Waals surface area contributed by atoms with Crippen LogP contribution in [0.25, 0.3) is 20.7 Å². The minimum atomic E-state index is -0.159. The topological polar surface area (TPSA) is 54.9 Å². The summed E-state index contributed by atoms with van der Waals surface area (Å²) in [5.41, 5.74) is 1.70. The molecule has 4 nitrogen and oxygen atoms in total. The number of aromatic nitrogens is 2. The van der Waals surface area contributed by atoms with Gasteiger partial charge in [0.15, 0.2) is 0 Å². The number of fused-ring (bicyclic) bond motifs is 1. The fourth-order valence-electron chi connectivity index (χ4n) is 2.65. The van der Waals surface area contributed by atoms with Gasteiger partial charge in [0.1, 0.15) is 16.2 Å². The molecule has 0 aliphatic heterocycles. The third-order valence-electron chi connectivity index (χ3n) is 3.84. The summed E-state index contributed by atoms with van der Waals surface area (Å²) in [5.74, 6) is 0.0563. The quantitative estimate of drug-likeness (QED) is 0.285. The van der Waals surface area contributed by atoms with Gasteiger partial charge in [-0.15, -0.1) is 11.3 Å². The van der Waals surface area contributed by atoms with Crippen molar-refractivity contribution in [3.8, 4) is 10.4 Å². The molecule has 0 saturated heterocycles. The lowest BCUT2D eigenvalue weighted by atomic mass is 10.2. The number of rotatable bonds is 5. The monoisotopic (exact) mass is 445 g/mol. The van der Waals surface area contributed by atoms with Gasteiger partial charge in [-0.25, -0.2) is 9.97 Å². The third kappa shape index (κ3) is 4.47. The summed E-state index contributed by atoms with van der Waals surface area (Å²) in [6.45, 7) is 0. The molecule has 140 valence electrons. The van der Waals surface area contributed by atoms with Crippen LogP contribution >= 0.6 is 46.3 Å². The van der Waals surface area contributed by atoms with E-state index in [1.54, 1.807) is 29.5 Å². The molecule has 2 aromatic heterocycles. The molecular weight excluding hydrogens is 433 g/mol. The van der Waals surface area contributed by atoms with Crippen molar-refractivity contribution in [2.75, 3.05) is 11.1 Å². The van der Waals surface area contributed by atoms with Crippen LogP contribution < -0.4 is 5.32 Å². The SMILES string of the molecule is O=C(CSc1ncnc2sc(-c3ccccc3)cc12)Nc1cc(Cl)cc(Cl)c1. The smallest absolute Gasteiger partial charge is 0.234 e. The molecular formula is C20H13Cl2N3OS2. The zero-order valence-corrected chi connectivity index (χ0v) is 17.5. The first-order valence-electron chi connectivity index (χ1n) is 8.27. The van der Waals surface area contributed by atoms with Crippen molar-refractivity contribution in [1.29, 1.82) is 0 Å². The lowest BCUT2D eigenvalue weighted by Crippen LogP contribution is -2.14. The van der Waals surface area contributed by atoms with E-state index >= 15 is 0 Å². The van der Waals surface area contributed by atoms with Crippen molar-refractivity contribution in [2.45, 2.75) is 5.03 Å². The van der Waals surface area contributed by atoms with Crippen molar-refractivity contribution in [3.05, 3.63) is 71.0 Å². The van der Waals surface area contributed by atoms with Crippen LogP contribution in [-0.2, 0) is 4.79 Å². The molecule has 1 amide bonds. The van der Waals surface area contributed by atoms with Crippen LogP contribution in [0.1, 0.15) is 0 Å². The van der Waals surface area contributed by atoms with E-state index in [-0.39, 0.29) is 11.7 Å². The van der Waals surface area contributed by atoms with Crippen LogP contribution in [0.3, 0.4) is 0 Å². The van der Waals surface area contributed by atoms with E-state index < -0.39 is 0 Å². The highest BCUT2D eigenvalue weighted by atomic mass is 35.5. The molecule has 1 N–H and O–H groups in total. The van der Waals surface area contributed by atoms with Crippen LogP contribution in [0, 0.1) is 0 Å². The standard InChI is InChI=1S/C20H13Cl2N3OS2/c21-13-6-14(22)8-15(7-13)25-18(26)10-27-19-16-9-17(12-4-2-1-3-5-12)28-20(16)24-11-23-19/h1-9,11H,10H2,(H,25,26). The number of amides is 1. The Kier molecular flexibility index (Phi) is 5.82.